The molecule has 1 aromatic carbocycles. The number of hydrazone groups is 1. The monoisotopic (exact) mass is 413 g/mol. The van der Waals surface area contributed by atoms with Crippen LogP contribution in [-0.2, 0) is 16.0 Å². The van der Waals surface area contributed by atoms with E-state index in [2.05, 4.69) is 20.8 Å². The van der Waals surface area contributed by atoms with Gasteiger partial charge < -0.3 is 19.6 Å². The van der Waals surface area contributed by atoms with E-state index in [-0.39, 0.29) is 18.7 Å². The lowest BCUT2D eigenvalue weighted by Crippen LogP contribution is -2.35. The van der Waals surface area contributed by atoms with E-state index in [1.54, 1.807) is 26.8 Å². The molecule has 2 N–H and O–H groups in total. The van der Waals surface area contributed by atoms with Crippen LogP contribution in [0.1, 0.15) is 37.4 Å². The fraction of sp³-hybridized carbons (Fsp3) is 0.300. The van der Waals surface area contributed by atoms with Crippen molar-refractivity contribution < 1.29 is 19.1 Å². The van der Waals surface area contributed by atoms with Gasteiger partial charge in [0.15, 0.2) is 5.13 Å². The first-order valence-electron chi connectivity index (χ1n) is 9.09. The van der Waals surface area contributed by atoms with Gasteiger partial charge in [0.25, 0.3) is 5.91 Å². The smallest absolute Gasteiger partial charge is 0.262 e. The number of furan rings is 1. The van der Waals surface area contributed by atoms with Gasteiger partial charge in [-0.05, 0) is 45.4 Å². The predicted octanol–water partition coefficient (Wildman–Crippen LogP) is 2.22. The minimum absolute atomic E-state index is 0.117. The van der Waals surface area contributed by atoms with Gasteiger partial charge in [-0.2, -0.15) is 5.10 Å². The van der Waals surface area contributed by atoms with E-state index >= 15 is 0 Å². The van der Waals surface area contributed by atoms with Crippen LogP contribution in [0.25, 0.3) is 10.2 Å². The van der Waals surface area contributed by atoms with Gasteiger partial charge in [0.1, 0.15) is 17.6 Å². The Bertz CT molecular complexity index is 1040. The highest BCUT2D eigenvalue weighted by Gasteiger charge is 2.15. The van der Waals surface area contributed by atoms with Crippen LogP contribution in [0.5, 0.6) is 0 Å². The maximum Gasteiger partial charge on any atom is 0.262 e. The van der Waals surface area contributed by atoms with Crippen molar-refractivity contribution in [2.75, 3.05) is 5.32 Å². The van der Waals surface area contributed by atoms with Gasteiger partial charge >= 0.3 is 0 Å². The fourth-order valence-corrected chi connectivity index (χ4v) is 3.68. The second kappa shape index (κ2) is 8.87. The number of hydrogen-bond donors (Lipinski definition) is 2. The zero-order chi connectivity index (χ0) is 21.0. The number of aliphatic carboxylic acids is 1. The number of nitrogens with zero attached hydrogens (tertiary/aromatic N) is 2. The Hall–Kier alpha value is -3.20. The summed E-state index contributed by atoms with van der Waals surface area (Å²) in [5.74, 6) is -0.294. The Labute approximate surface area is 171 Å². The lowest BCUT2D eigenvalue weighted by molar-refractivity contribution is -0.305. The molecule has 8 nitrogen and oxygen atoms in total. The van der Waals surface area contributed by atoms with Crippen LogP contribution in [0, 0.1) is 6.92 Å². The molecule has 1 amide bonds. The molecular weight excluding hydrogens is 392 g/mol. The summed E-state index contributed by atoms with van der Waals surface area (Å²) in [5, 5.41) is 18.5. The first-order valence-corrected chi connectivity index (χ1v) is 9.91. The molecule has 0 radical (unpaired) electrons. The minimum atomic E-state index is -1.13. The van der Waals surface area contributed by atoms with E-state index in [0.29, 0.717) is 27.9 Å². The van der Waals surface area contributed by atoms with Crippen molar-refractivity contribution >= 4 is 44.3 Å². The van der Waals surface area contributed by atoms with Gasteiger partial charge in [0, 0.05) is 18.0 Å². The number of benzene rings is 1. The van der Waals surface area contributed by atoms with Crippen molar-refractivity contribution in [3.63, 3.8) is 0 Å². The second-order valence-corrected chi connectivity index (χ2v) is 7.61. The van der Waals surface area contributed by atoms with Crippen LogP contribution in [-0.4, -0.2) is 28.6 Å². The van der Waals surface area contributed by atoms with Crippen molar-refractivity contribution in [1.29, 1.82) is 0 Å². The Balaban J connectivity index is 1.60. The van der Waals surface area contributed by atoms with Crippen molar-refractivity contribution in [1.82, 2.24) is 10.4 Å². The first kappa shape index (κ1) is 20.5. The number of carboxylic acid groups (broad SMARTS) is 1. The average Bonchev–Trinajstić information content (AvgIpc) is 3.26. The van der Waals surface area contributed by atoms with Crippen LogP contribution in [0.4, 0.5) is 5.13 Å². The van der Waals surface area contributed by atoms with E-state index in [4.69, 9.17) is 4.42 Å². The van der Waals surface area contributed by atoms with Crippen molar-refractivity contribution in [2.24, 2.45) is 5.10 Å². The van der Waals surface area contributed by atoms with Crippen LogP contribution >= 0.6 is 11.3 Å². The van der Waals surface area contributed by atoms with Crippen LogP contribution < -0.4 is 15.8 Å². The first-order chi connectivity index (χ1) is 13.8. The van der Waals surface area contributed by atoms with Crippen LogP contribution in [0.2, 0.25) is 0 Å². The number of hydrogen-bond acceptors (Lipinski definition) is 8. The molecule has 3 rings (SSSR count). The topological polar surface area (TPSA) is 120 Å². The maximum atomic E-state index is 12.4. The minimum Gasteiger partial charge on any atom is -0.550 e. The van der Waals surface area contributed by atoms with E-state index in [1.165, 1.54) is 11.3 Å². The fourth-order valence-electron chi connectivity index (χ4n) is 2.73. The maximum absolute atomic E-state index is 12.4. The van der Waals surface area contributed by atoms with E-state index in [1.807, 2.05) is 24.3 Å². The number of para-hydroxylation sites is 1. The molecule has 0 aliphatic carbocycles. The molecule has 0 bridgehead atoms. The summed E-state index contributed by atoms with van der Waals surface area (Å²) in [4.78, 5) is 27.4. The predicted molar refractivity (Wildman–Crippen MR) is 110 cm³/mol. The third kappa shape index (κ3) is 5.20. The molecule has 0 saturated heterocycles. The number of carboxylic acids is 1. The number of carbonyl (C=O) groups excluding carboxylic acids is 2. The molecule has 29 heavy (non-hydrogen) atoms. The Morgan fingerprint density at radius 2 is 2.10 bits per heavy atom. The molecule has 1 atom stereocenters. The van der Waals surface area contributed by atoms with Gasteiger partial charge in [-0.15, -0.1) is 0 Å². The van der Waals surface area contributed by atoms with Crippen molar-refractivity contribution in [2.45, 2.75) is 39.7 Å². The quantitative estimate of drug-likeness (QED) is 0.432. The third-order valence-corrected chi connectivity index (χ3v) is 5.26. The molecule has 2 aromatic heterocycles. The normalized spacial score (nSPS) is 12.7. The Morgan fingerprint density at radius 1 is 1.34 bits per heavy atom. The zero-order valence-electron chi connectivity index (χ0n) is 16.3. The number of fused-ring (bicyclic) bond motifs is 1. The summed E-state index contributed by atoms with van der Waals surface area (Å²) in [6.07, 6.45) is 0.125. The Morgan fingerprint density at radius 3 is 2.83 bits per heavy atom. The van der Waals surface area contributed by atoms with Crippen molar-refractivity contribution in [3.8, 4) is 0 Å². The summed E-state index contributed by atoms with van der Waals surface area (Å²) in [6.45, 7) is 5.23. The standard InChI is InChI=1S/C20H22N4O4S/c1-11(15-10-14(28-13(15)3)8-9-18(25)26)23-24-19(27)12(2)21-20-22-16-6-4-5-7-17(16)29-20/h4-7,10,12H,8-9H2,1-3H3,(H,21,22)(H,24,27)(H,25,26)/p-1/b23-11-/t12-/m1/s1. The molecule has 0 saturated carbocycles. The second-order valence-electron chi connectivity index (χ2n) is 6.58. The number of thiazole rings is 1. The lowest BCUT2D eigenvalue weighted by atomic mass is 10.1. The van der Waals surface area contributed by atoms with Crippen LogP contribution in [0.15, 0.2) is 39.9 Å². The van der Waals surface area contributed by atoms with Crippen LogP contribution in [0.3, 0.4) is 0 Å². The summed E-state index contributed by atoms with van der Waals surface area (Å²) in [6, 6.07) is 8.96. The number of rotatable bonds is 8. The molecule has 152 valence electrons. The summed E-state index contributed by atoms with van der Waals surface area (Å²) < 4.78 is 6.59. The van der Waals surface area contributed by atoms with E-state index < -0.39 is 12.0 Å². The highest BCUT2D eigenvalue weighted by molar-refractivity contribution is 7.22. The highest BCUT2D eigenvalue weighted by atomic mass is 32.1. The van der Waals surface area contributed by atoms with E-state index in [9.17, 15) is 14.7 Å². The molecule has 0 spiro atoms. The molecule has 0 fully saturated rings. The molecule has 3 aromatic rings. The highest BCUT2D eigenvalue weighted by Crippen LogP contribution is 2.25. The molecule has 0 unspecified atom stereocenters. The Kier molecular flexibility index (Phi) is 6.28. The van der Waals surface area contributed by atoms with Gasteiger partial charge in [-0.1, -0.05) is 23.5 Å². The van der Waals surface area contributed by atoms with Gasteiger partial charge in [-0.3, -0.25) is 4.79 Å². The van der Waals surface area contributed by atoms with Crippen molar-refractivity contribution in [3.05, 3.63) is 47.4 Å². The average molecular weight is 413 g/mol. The molecule has 0 aliphatic heterocycles. The number of aryl methyl sites for hydroxylation is 2. The van der Waals surface area contributed by atoms with Gasteiger partial charge in [-0.25, -0.2) is 10.4 Å². The lowest BCUT2D eigenvalue weighted by Gasteiger charge is -2.11. The SMILES string of the molecule is C/C(=N/NC(=O)[C@@H](C)Nc1nc2ccccc2s1)c1cc(CCC(=O)[O-])oc1C. The molecule has 2 heterocycles. The third-order valence-electron chi connectivity index (χ3n) is 4.30. The van der Waals surface area contributed by atoms with E-state index in [0.717, 1.165) is 10.2 Å². The molecular formula is C20H21N4O4S-. The van der Waals surface area contributed by atoms with Gasteiger partial charge in [0.2, 0.25) is 0 Å². The summed E-state index contributed by atoms with van der Waals surface area (Å²) in [7, 11) is 0. The van der Waals surface area contributed by atoms with Gasteiger partial charge in [0.05, 0.1) is 15.9 Å². The number of aromatic nitrogens is 1. The summed E-state index contributed by atoms with van der Waals surface area (Å²) >= 11 is 1.48. The molecule has 0 aliphatic rings. The number of nitrogens with one attached hydrogen (secondary N) is 2. The number of anilines is 1. The number of amides is 1. The summed E-state index contributed by atoms with van der Waals surface area (Å²) in [5.41, 5.74) is 4.69. The zero-order valence-corrected chi connectivity index (χ0v) is 17.1. The molecule has 9 heteroatoms. The number of carbonyl (C=O) groups is 2. The largest absolute Gasteiger partial charge is 0.550 e.